The summed E-state index contributed by atoms with van der Waals surface area (Å²) < 4.78 is 6.62. The van der Waals surface area contributed by atoms with Crippen LogP contribution in [0.15, 0.2) is 54.7 Å². The smallest absolute Gasteiger partial charge is 0.342 e. The third-order valence-electron chi connectivity index (χ3n) is 3.86. The van der Waals surface area contributed by atoms with Crippen LogP contribution in [-0.2, 0) is 4.74 Å². The van der Waals surface area contributed by atoms with E-state index in [9.17, 15) is 14.9 Å². The average molecular weight is 351 g/mol. The van der Waals surface area contributed by atoms with Crippen molar-refractivity contribution in [3.05, 3.63) is 76.0 Å². The first-order valence-corrected chi connectivity index (χ1v) is 8.09. The molecule has 0 saturated heterocycles. The molecule has 0 aliphatic heterocycles. The molecule has 0 N–H and O–H groups in total. The van der Waals surface area contributed by atoms with E-state index in [2.05, 4.69) is 5.10 Å². The minimum atomic E-state index is -0.570. The topological polar surface area (TPSA) is 87.3 Å². The van der Waals surface area contributed by atoms with E-state index < -0.39 is 10.9 Å². The summed E-state index contributed by atoms with van der Waals surface area (Å²) in [6.45, 7) is 3.87. The molecule has 0 saturated carbocycles. The molecule has 0 amide bonds. The molecule has 3 aromatic rings. The van der Waals surface area contributed by atoms with Gasteiger partial charge in [0.1, 0.15) is 11.3 Å². The lowest BCUT2D eigenvalue weighted by molar-refractivity contribution is -0.384. The second-order valence-corrected chi connectivity index (χ2v) is 5.67. The predicted octanol–water partition coefficient (Wildman–Crippen LogP) is 3.93. The van der Waals surface area contributed by atoms with Gasteiger partial charge < -0.3 is 4.74 Å². The summed E-state index contributed by atoms with van der Waals surface area (Å²) in [4.78, 5) is 23.3. The van der Waals surface area contributed by atoms with Crippen molar-refractivity contribution >= 4 is 11.7 Å². The van der Waals surface area contributed by atoms with Crippen LogP contribution in [0.25, 0.3) is 16.9 Å². The van der Waals surface area contributed by atoms with Gasteiger partial charge in [0.2, 0.25) is 0 Å². The number of nitrogens with zero attached hydrogens (tertiary/aromatic N) is 3. The van der Waals surface area contributed by atoms with Gasteiger partial charge in [-0.15, -0.1) is 0 Å². The first kappa shape index (κ1) is 17.3. The van der Waals surface area contributed by atoms with E-state index in [0.717, 1.165) is 11.3 Å². The number of rotatable bonds is 5. The number of hydrogen-bond donors (Lipinski definition) is 0. The number of para-hydroxylation sites is 1. The van der Waals surface area contributed by atoms with Crippen molar-refractivity contribution in [3.63, 3.8) is 0 Å². The van der Waals surface area contributed by atoms with E-state index in [0.29, 0.717) is 0 Å². The number of hydrogen-bond acceptors (Lipinski definition) is 5. The Bertz CT molecular complexity index is 961. The summed E-state index contributed by atoms with van der Waals surface area (Å²) in [7, 11) is 0. The Morgan fingerprint density at radius 2 is 1.88 bits per heavy atom. The van der Waals surface area contributed by atoms with Crippen LogP contribution < -0.4 is 0 Å². The number of carbonyl (C=O) groups excluding carboxylic acids is 1. The molecule has 0 unspecified atom stereocenters. The molecule has 2 aromatic carbocycles. The first-order chi connectivity index (χ1) is 12.5. The van der Waals surface area contributed by atoms with Crippen LogP contribution in [0, 0.1) is 17.0 Å². The van der Waals surface area contributed by atoms with Crippen molar-refractivity contribution in [1.29, 1.82) is 0 Å². The maximum atomic E-state index is 12.4. The number of ether oxygens (including phenoxy) is 1. The van der Waals surface area contributed by atoms with Gasteiger partial charge in [-0.05, 0) is 32.0 Å². The fraction of sp³-hybridized carbons (Fsp3) is 0.158. The molecule has 3 rings (SSSR count). The molecule has 0 fully saturated rings. The molecular weight excluding hydrogens is 334 g/mol. The van der Waals surface area contributed by atoms with Gasteiger partial charge in [0, 0.05) is 12.3 Å². The SMILES string of the molecule is CCOC(=O)c1cn(-c2ccc(C)cc2)nc1-c1ccccc1[N+](=O)[O-]. The Balaban J connectivity index is 2.19. The second kappa shape index (κ2) is 7.18. The Morgan fingerprint density at radius 1 is 1.19 bits per heavy atom. The van der Waals surface area contributed by atoms with E-state index in [4.69, 9.17) is 4.74 Å². The van der Waals surface area contributed by atoms with E-state index in [-0.39, 0.29) is 29.1 Å². The van der Waals surface area contributed by atoms with Crippen LogP contribution >= 0.6 is 0 Å². The number of esters is 1. The van der Waals surface area contributed by atoms with E-state index in [1.165, 1.54) is 16.9 Å². The fourth-order valence-corrected chi connectivity index (χ4v) is 2.59. The number of carbonyl (C=O) groups is 1. The Labute approximate surface area is 150 Å². The molecule has 0 radical (unpaired) electrons. The maximum absolute atomic E-state index is 12.4. The Morgan fingerprint density at radius 3 is 2.54 bits per heavy atom. The zero-order chi connectivity index (χ0) is 18.7. The standard InChI is InChI=1S/C19H17N3O4/c1-3-26-19(23)16-12-21(14-10-8-13(2)9-11-14)20-18(16)15-6-4-5-7-17(15)22(24)25/h4-12H,3H2,1-2H3. The minimum Gasteiger partial charge on any atom is -0.462 e. The summed E-state index contributed by atoms with van der Waals surface area (Å²) in [6.07, 6.45) is 1.54. The predicted molar refractivity (Wildman–Crippen MR) is 96.3 cm³/mol. The molecule has 0 atom stereocenters. The lowest BCUT2D eigenvalue weighted by Crippen LogP contribution is -2.05. The highest BCUT2D eigenvalue weighted by molar-refractivity contribution is 5.97. The largest absolute Gasteiger partial charge is 0.462 e. The van der Waals surface area contributed by atoms with Crippen LogP contribution in [0.1, 0.15) is 22.8 Å². The molecule has 0 aliphatic carbocycles. The molecule has 1 aromatic heterocycles. The summed E-state index contributed by atoms with van der Waals surface area (Å²) in [5, 5.41) is 15.8. The summed E-state index contributed by atoms with van der Waals surface area (Å²) >= 11 is 0. The summed E-state index contributed by atoms with van der Waals surface area (Å²) in [5.41, 5.74) is 2.38. The molecular formula is C19H17N3O4. The van der Waals surface area contributed by atoms with Crippen molar-refractivity contribution < 1.29 is 14.5 Å². The molecule has 7 heteroatoms. The number of aryl methyl sites for hydroxylation is 1. The summed E-state index contributed by atoms with van der Waals surface area (Å²) in [6, 6.07) is 13.8. The molecule has 26 heavy (non-hydrogen) atoms. The fourth-order valence-electron chi connectivity index (χ4n) is 2.59. The average Bonchev–Trinajstić information content (AvgIpc) is 3.08. The quantitative estimate of drug-likeness (QED) is 0.395. The normalized spacial score (nSPS) is 10.5. The third-order valence-corrected chi connectivity index (χ3v) is 3.86. The molecule has 0 bridgehead atoms. The molecule has 0 spiro atoms. The van der Waals surface area contributed by atoms with E-state index in [1.807, 2.05) is 31.2 Å². The van der Waals surface area contributed by atoms with Crippen molar-refractivity contribution in [3.8, 4) is 16.9 Å². The van der Waals surface area contributed by atoms with Gasteiger partial charge in [0.25, 0.3) is 5.69 Å². The zero-order valence-electron chi connectivity index (χ0n) is 14.4. The van der Waals surface area contributed by atoms with Gasteiger partial charge in [0.05, 0.1) is 22.8 Å². The van der Waals surface area contributed by atoms with Crippen LogP contribution in [0.4, 0.5) is 5.69 Å². The number of nitro benzene ring substituents is 1. The van der Waals surface area contributed by atoms with Gasteiger partial charge in [-0.25, -0.2) is 9.48 Å². The first-order valence-electron chi connectivity index (χ1n) is 8.09. The van der Waals surface area contributed by atoms with Crippen LogP contribution in [0.5, 0.6) is 0 Å². The molecule has 0 aliphatic rings. The van der Waals surface area contributed by atoms with Crippen LogP contribution in [0.2, 0.25) is 0 Å². The molecule has 132 valence electrons. The monoisotopic (exact) mass is 351 g/mol. The third kappa shape index (κ3) is 3.32. The lowest BCUT2D eigenvalue weighted by Gasteiger charge is -2.03. The van der Waals surface area contributed by atoms with Gasteiger partial charge in [-0.3, -0.25) is 10.1 Å². The van der Waals surface area contributed by atoms with E-state index in [1.54, 1.807) is 25.1 Å². The number of nitro groups is 1. The lowest BCUT2D eigenvalue weighted by atomic mass is 10.1. The van der Waals surface area contributed by atoms with E-state index >= 15 is 0 Å². The van der Waals surface area contributed by atoms with Crippen LogP contribution in [-0.4, -0.2) is 27.3 Å². The summed E-state index contributed by atoms with van der Waals surface area (Å²) in [5.74, 6) is -0.570. The van der Waals surface area contributed by atoms with Crippen molar-refractivity contribution in [2.24, 2.45) is 0 Å². The minimum absolute atomic E-state index is 0.118. The maximum Gasteiger partial charge on any atom is 0.342 e. The Kier molecular flexibility index (Phi) is 4.79. The van der Waals surface area contributed by atoms with Crippen molar-refractivity contribution in [1.82, 2.24) is 9.78 Å². The highest BCUT2D eigenvalue weighted by Crippen LogP contribution is 2.32. The van der Waals surface area contributed by atoms with Crippen molar-refractivity contribution in [2.75, 3.05) is 6.61 Å². The highest BCUT2D eigenvalue weighted by Gasteiger charge is 2.25. The second-order valence-electron chi connectivity index (χ2n) is 5.67. The number of aromatic nitrogens is 2. The zero-order valence-corrected chi connectivity index (χ0v) is 14.4. The number of benzene rings is 2. The molecule has 1 heterocycles. The van der Waals surface area contributed by atoms with Gasteiger partial charge in [-0.1, -0.05) is 29.8 Å². The molecule has 7 nitrogen and oxygen atoms in total. The van der Waals surface area contributed by atoms with Gasteiger partial charge in [-0.2, -0.15) is 5.10 Å². The van der Waals surface area contributed by atoms with Crippen molar-refractivity contribution in [2.45, 2.75) is 13.8 Å². The van der Waals surface area contributed by atoms with Gasteiger partial charge in [0.15, 0.2) is 0 Å². The highest BCUT2D eigenvalue weighted by atomic mass is 16.6. The van der Waals surface area contributed by atoms with Gasteiger partial charge >= 0.3 is 5.97 Å². The Hall–Kier alpha value is -3.48. The van der Waals surface area contributed by atoms with Crippen LogP contribution in [0.3, 0.4) is 0 Å².